The molecule has 0 aliphatic rings. The standard InChI is InChI=1S/C7H7F2NO2.C2H6/c1-2-5(3-8)6(4-10)7(11)12-9;1-2/h3,6H,2H2,1H3;1-2H3/b5-3-;. The molecule has 0 bridgehead atoms. The van der Waals surface area contributed by atoms with Crippen molar-refractivity contribution in [1.82, 2.24) is 0 Å². The molecular formula is C9H13F2NO2. The van der Waals surface area contributed by atoms with Gasteiger partial charge >= 0.3 is 5.97 Å². The smallest absolute Gasteiger partial charge is 0.253 e. The molecule has 0 aromatic heterocycles. The second kappa shape index (κ2) is 9.65. The third kappa shape index (κ3) is 4.55. The highest BCUT2D eigenvalue weighted by Crippen LogP contribution is 2.16. The normalized spacial score (nSPS) is 11.9. The number of hydrogen-bond donors (Lipinski definition) is 0. The fourth-order valence-electron chi connectivity index (χ4n) is 0.676. The molecule has 5 heteroatoms. The highest BCUT2D eigenvalue weighted by Gasteiger charge is 2.24. The minimum atomic E-state index is -1.48. The van der Waals surface area contributed by atoms with Gasteiger partial charge < -0.3 is 0 Å². The van der Waals surface area contributed by atoms with Crippen LogP contribution in [0.2, 0.25) is 0 Å². The van der Waals surface area contributed by atoms with Crippen molar-refractivity contribution in [1.29, 1.82) is 5.26 Å². The van der Waals surface area contributed by atoms with Crippen LogP contribution in [0.25, 0.3) is 0 Å². The fraction of sp³-hybridized carbons (Fsp3) is 0.556. The number of carbonyl (C=O) groups is 1. The highest BCUT2D eigenvalue weighted by atomic mass is 19.3. The molecule has 0 amide bonds. The third-order valence-electron chi connectivity index (χ3n) is 1.36. The first kappa shape index (κ1) is 15.1. The van der Waals surface area contributed by atoms with Crippen LogP contribution in [-0.4, -0.2) is 5.97 Å². The second-order valence-electron chi connectivity index (χ2n) is 2.00. The van der Waals surface area contributed by atoms with Gasteiger partial charge in [-0.15, -0.1) is 0 Å². The van der Waals surface area contributed by atoms with E-state index >= 15 is 0 Å². The number of rotatable bonds is 3. The Morgan fingerprint density at radius 1 is 1.64 bits per heavy atom. The van der Waals surface area contributed by atoms with Gasteiger partial charge in [-0.05, 0) is 12.0 Å². The molecular weight excluding hydrogens is 192 g/mol. The zero-order valence-corrected chi connectivity index (χ0v) is 8.38. The molecule has 0 aliphatic heterocycles. The summed E-state index contributed by atoms with van der Waals surface area (Å²) >= 11 is 0. The van der Waals surface area contributed by atoms with Crippen molar-refractivity contribution >= 4 is 5.97 Å². The van der Waals surface area contributed by atoms with Gasteiger partial charge in [-0.1, -0.05) is 20.8 Å². The quantitative estimate of drug-likeness (QED) is 0.711. The van der Waals surface area contributed by atoms with E-state index in [1.54, 1.807) is 6.92 Å². The molecule has 1 unspecified atom stereocenters. The van der Waals surface area contributed by atoms with Crippen molar-refractivity contribution < 1.29 is 18.7 Å². The Labute approximate surface area is 81.9 Å². The van der Waals surface area contributed by atoms with Crippen LogP contribution in [0, 0.1) is 17.2 Å². The molecule has 0 radical (unpaired) electrons. The minimum Gasteiger partial charge on any atom is -0.253 e. The van der Waals surface area contributed by atoms with Crippen LogP contribution in [0.3, 0.4) is 0 Å². The predicted octanol–water partition coefficient (Wildman–Crippen LogP) is 2.84. The van der Waals surface area contributed by atoms with Crippen LogP contribution in [0.5, 0.6) is 0 Å². The maximum atomic E-state index is 11.9. The van der Waals surface area contributed by atoms with Crippen molar-refractivity contribution in [2.45, 2.75) is 27.2 Å². The summed E-state index contributed by atoms with van der Waals surface area (Å²) in [4.78, 5) is 13.3. The molecule has 0 heterocycles. The van der Waals surface area contributed by atoms with E-state index in [2.05, 4.69) is 4.94 Å². The number of hydrogen-bond acceptors (Lipinski definition) is 3. The van der Waals surface area contributed by atoms with Crippen LogP contribution in [0.15, 0.2) is 11.9 Å². The monoisotopic (exact) mass is 205 g/mol. The van der Waals surface area contributed by atoms with Crippen molar-refractivity contribution in [2.75, 3.05) is 0 Å². The van der Waals surface area contributed by atoms with Crippen LogP contribution in [-0.2, 0) is 9.74 Å². The van der Waals surface area contributed by atoms with Crippen LogP contribution in [0.4, 0.5) is 8.92 Å². The van der Waals surface area contributed by atoms with Gasteiger partial charge in [-0.25, -0.2) is 9.18 Å². The van der Waals surface area contributed by atoms with Crippen molar-refractivity contribution in [3.63, 3.8) is 0 Å². The molecule has 0 rings (SSSR count). The third-order valence-corrected chi connectivity index (χ3v) is 1.36. The van der Waals surface area contributed by atoms with Crippen LogP contribution >= 0.6 is 0 Å². The van der Waals surface area contributed by atoms with Gasteiger partial charge in [-0.2, -0.15) is 5.26 Å². The number of nitriles is 1. The molecule has 1 atom stereocenters. The molecule has 14 heavy (non-hydrogen) atoms. The molecule has 0 spiro atoms. The first-order valence-corrected chi connectivity index (χ1v) is 4.22. The van der Waals surface area contributed by atoms with Crippen molar-refractivity contribution in [3.05, 3.63) is 11.9 Å². The van der Waals surface area contributed by atoms with Gasteiger partial charge in [0.2, 0.25) is 0 Å². The van der Waals surface area contributed by atoms with Gasteiger partial charge in [0.05, 0.1) is 12.4 Å². The number of nitrogens with zero attached hydrogens (tertiary/aromatic N) is 1. The average molecular weight is 205 g/mol. The summed E-state index contributed by atoms with van der Waals surface area (Å²) in [5.74, 6) is -2.87. The molecule has 0 fully saturated rings. The highest BCUT2D eigenvalue weighted by molar-refractivity contribution is 5.78. The summed E-state index contributed by atoms with van der Waals surface area (Å²) in [6.07, 6.45) is 0.272. The SMILES string of the molecule is CC.CC/C(=C/F)C(C#N)C(=O)OF. The predicted molar refractivity (Wildman–Crippen MR) is 47.1 cm³/mol. The first-order chi connectivity index (χ1) is 6.71. The van der Waals surface area contributed by atoms with E-state index in [0.717, 1.165) is 0 Å². The number of halogens is 2. The van der Waals surface area contributed by atoms with E-state index in [0.29, 0.717) is 0 Å². The Hall–Kier alpha value is -1.44. The summed E-state index contributed by atoms with van der Waals surface area (Å²) < 4.78 is 23.3. The Kier molecular flexibility index (Phi) is 10.4. The molecule has 0 saturated carbocycles. The largest absolute Gasteiger partial charge is 0.370 e. The fourth-order valence-corrected chi connectivity index (χ4v) is 0.676. The van der Waals surface area contributed by atoms with E-state index in [9.17, 15) is 13.7 Å². The zero-order chi connectivity index (χ0) is 11.6. The lowest BCUT2D eigenvalue weighted by atomic mass is 10.0. The lowest BCUT2D eigenvalue weighted by molar-refractivity contribution is -0.185. The molecule has 0 N–H and O–H groups in total. The summed E-state index contributed by atoms with van der Waals surface area (Å²) in [5, 5.41) is 8.34. The Balaban J connectivity index is 0. The maximum absolute atomic E-state index is 11.9. The van der Waals surface area contributed by atoms with Gasteiger partial charge in [0.15, 0.2) is 5.92 Å². The van der Waals surface area contributed by atoms with Gasteiger partial charge in [0.1, 0.15) is 0 Å². The van der Waals surface area contributed by atoms with E-state index in [-0.39, 0.29) is 18.3 Å². The van der Waals surface area contributed by atoms with E-state index in [1.165, 1.54) is 6.07 Å². The van der Waals surface area contributed by atoms with Crippen LogP contribution < -0.4 is 0 Å². The molecule has 0 saturated heterocycles. The Bertz CT molecular complexity index is 233. The Morgan fingerprint density at radius 3 is 2.36 bits per heavy atom. The van der Waals surface area contributed by atoms with Crippen molar-refractivity contribution in [3.8, 4) is 6.07 Å². The molecule has 0 aromatic carbocycles. The second-order valence-corrected chi connectivity index (χ2v) is 2.00. The first-order valence-electron chi connectivity index (χ1n) is 4.22. The minimum absolute atomic E-state index is 0.0971. The summed E-state index contributed by atoms with van der Waals surface area (Å²) in [5.41, 5.74) is -0.0971. The molecule has 0 aromatic rings. The summed E-state index contributed by atoms with van der Waals surface area (Å²) in [6.45, 7) is 5.54. The lowest BCUT2D eigenvalue weighted by Gasteiger charge is -2.04. The van der Waals surface area contributed by atoms with E-state index in [4.69, 9.17) is 5.26 Å². The van der Waals surface area contributed by atoms with Crippen molar-refractivity contribution in [2.24, 2.45) is 5.92 Å². The van der Waals surface area contributed by atoms with Crippen LogP contribution in [0.1, 0.15) is 27.2 Å². The summed E-state index contributed by atoms with van der Waals surface area (Å²) in [7, 11) is 0. The van der Waals surface area contributed by atoms with Gasteiger partial charge in [0, 0.05) is 4.53 Å². The molecule has 0 aliphatic carbocycles. The Morgan fingerprint density at radius 2 is 2.14 bits per heavy atom. The number of carbonyl (C=O) groups excluding carboxylic acids is 1. The zero-order valence-electron chi connectivity index (χ0n) is 8.38. The summed E-state index contributed by atoms with van der Waals surface area (Å²) in [6, 6.07) is 1.43. The lowest BCUT2D eigenvalue weighted by Crippen LogP contribution is -2.14. The van der Waals surface area contributed by atoms with Gasteiger partial charge in [-0.3, -0.25) is 4.94 Å². The molecule has 80 valence electrons. The average Bonchev–Trinajstić information content (AvgIpc) is 2.27. The van der Waals surface area contributed by atoms with Gasteiger partial charge in [0.25, 0.3) is 0 Å². The topological polar surface area (TPSA) is 50.1 Å². The maximum Gasteiger partial charge on any atom is 0.370 e. The molecule has 3 nitrogen and oxygen atoms in total. The van der Waals surface area contributed by atoms with E-state index in [1.807, 2.05) is 13.8 Å². The van der Waals surface area contributed by atoms with E-state index < -0.39 is 11.9 Å².